The van der Waals surface area contributed by atoms with Crippen molar-refractivity contribution in [2.45, 2.75) is 19.4 Å². The summed E-state index contributed by atoms with van der Waals surface area (Å²) in [4.78, 5) is 15.0. The van der Waals surface area contributed by atoms with Gasteiger partial charge in [-0.25, -0.2) is 0 Å². The van der Waals surface area contributed by atoms with Crippen molar-refractivity contribution in [3.05, 3.63) is 34.1 Å². The van der Waals surface area contributed by atoms with E-state index in [1.54, 1.807) is 20.3 Å². The summed E-state index contributed by atoms with van der Waals surface area (Å²) in [6.07, 6.45) is 2.61. The molecular weight excluding hydrogens is 268 g/mol. The molecular formula is C16H20N2O3. The molecule has 1 aromatic carbocycles. The van der Waals surface area contributed by atoms with E-state index in [-0.39, 0.29) is 5.56 Å². The van der Waals surface area contributed by atoms with E-state index in [9.17, 15) is 4.79 Å². The summed E-state index contributed by atoms with van der Waals surface area (Å²) in [5.74, 6) is 2.07. The van der Waals surface area contributed by atoms with Crippen LogP contribution in [0.1, 0.15) is 18.4 Å². The predicted octanol–water partition coefficient (Wildman–Crippen LogP) is 2.04. The Kier molecular flexibility index (Phi) is 3.84. The number of pyridine rings is 1. The number of benzene rings is 1. The van der Waals surface area contributed by atoms with Crippen LogP contribution in [-0.2, 0) is 6.54 Å². The highest BCUT2D eigenvalue weighted by molar-refractivity contribution is 5.83. The average Bonchev–Trinajstić information content (AvgIpc) is 3.30. The molecule has 112 valence electrons. The van der Waals surface area contributed by atoms with Gasteiger partial charge in [0.05, 0.1) is 19.7 Å². The molecule has 0 saturated heterocycles. The minimum absolute atomic E-state index is 0.0574. The van der Waals surface area contributed by atoms with Crippen LogP contribution >= 0.6 is 0 Å². The van der Waals surface area contributed by atoms with Gasteiger partial charge in [0.15, 0.2) is 11.5 Å². The van der Waals surface area contributed by atoms with Gasteiger partial charge >= 0.3 is 0 Å². The standard InChI is InChI=1S/C16H20N2O3/c1-20-14-6-11-5-12(9-17-8-10-3-4-10)16(19)18-13(11)7-15(14)21-2/h5-7,10,17H,3-4,8-9H2,1-2H3,(H,18,19). The van der Waals surface area contributed by atoms with Crippen molar-refractivity contribution < 1.29 is 9.47 Å². The summed E-state index contributed by atoms with van der Waals surface area (Å²) < 4.78 is 10.6. The van der Waals surface area contributed by atoms with Gasteiger partial charge in [0, 0.05) is 23.6 Å². The SMILES string of the molecule is COc1cc2cc(CNCC3CC3)c(=O)[nH]c2cc1OC. The third-order valence-corrected chi connectivity index (χ3v) is 3.87. The van der Waals surface area contributed by atoms with E-state index >= 15 is 0 Å². The van der Waals surface area contributed by atoms with Crippen molar-refractivity contribution >= 4 is 10.9 Å². The Hall–Kier alpha value is -2.01. The molecule has 1 aliphatic rings. The molecule has 3 rings (SSSR count). The zero-order chi connectivity index (χ0) is 14.8. The van der Waals surface area contributed by atoms with Crippen molar-refractivity contribution in [2.75, 3.05) is 20.8 Å². The molecule has 0 aliphatic heterocycles. The van der Waals surface area contributed by atoms with Crippen LogP contribution in [0.3, 0.4) is 0 Å². The second-order valence-electron chi connectivity index (χ2n) is 5.49. The van der Waals surface area contributed by atoms with Crippen LogP contribution in [0.4, 0.5) is 0 Å². The van der Waals surface area contributed by atoms with Gasteiger partial charge in [0.1, 0.15) is 0 Å². The molecule has 1 fully saturated rings. The quantitative estimate of drug-likeness (QED) is 0.854. The number of aromatic amines is 1. The van der Waals surface area contributed by atoms with Crippen molar-refractivity contribution in [3.63, 3.8) is 0 Å². The average molecular weight is 288 g/mol. The van der Waals surface area contributed by atoms with Crippen LogP contribution in [0.2, 0.25) is 0 Å². The van der Waals surface area contributed by atoms with E-state index in [4.69, 9.17) is 9.47 Å². The molecule has 2 N–H and O–H groups in total. The topological polar surface area (TPSA) is 63.3 Å². The number of H-pyrrole nitrogens is 1. The second kappa shape index (κ2) is 5.77. The Balaban J connectivity index is 1.90. The molecule has 0 unspecified atom stereocenters. The fraction of sp³-hybridized carbons (Fsp3) is 0.438. The number of aromatic nitrogens is 1. The zero-order valence-electron chi connectivity index (χ0n) is 12.4. The lowest BCUT2D eigenvalue weighted by Gasteiger charge is -2.10. The summed E-state index contributed by atoms with van der Waals surface area (Å²) in [7, 11) is 3.19. The third-order valence-electron chi connectivity index (χ3n) is 3.87. The number of rotatable bonds is 6. The first-order chi connectivity index (χ1) is 10.2. The predicted molar refractivity (Wildman–Crippen MR) is 82.1 cm³/mol. The maximum Gasteiger partial charge on any atom is 0.252 e. The summed E-state index contributed by atoms with van der Waals surface area (Å²) in [6.45, 7) is 1.58. The largest absolute Gasteiger partial charge is 0.493 e. The minimum atomic E-state index is -0.0574. The Morgan fingerprint density at radius 1 is 1.19 bits per heavy atom. The molecule has 1 heterocycles. The van der Waals surface area contributed by atoms with Crippen LogP contribution in [0.5, 0.6) is 11.5 Å². The van der Waals surface area contributed by atoms with Crippen molar-refractivity contribution in [3.8, 4) is 11.5 Å². The minimum Gasteiger partial charge on any atom is -0.493 e. The first kappa shape index (κ1) is 13.9. The second-order valence-corrected chi connectivity index (χ2v) is 5.49. The van der Waals surface area contributed by atoms with Crippen LogP contribution in [0, 0.1) is 5.92 Å². The van der Waals surface area contributed by atoms with Crippen molar-refractivity contribution in [1.29, 1.82) is 0 Å². The zero-order valence-corrected chi connectivity index (χ0v) is 12.4. The van der Waals surface area contributed by atoms with E-state index in [1.807, 2.05) is 12.1 Å². The summed E-state index contributed by atoms with van der Waals surface area (Å²) in [6, 6.07) is 5.58. The number of hydrogen-bond acceptors (Lipinski definition) is 4. The van der Waals surface area contributed by atoms with Gasteiger partial charge in [-0.1, -0.05) is 0 Å². The fourth-order valence-corrected chi connectivity index (χ4v) is 2.44. The van der Waals surface area contributed by atoms with Crippen molar-refractivity contribution in [1.82, 2.24) is 10.3 Å². The Bertz CT molecular complexity index is 704. The highest BCUT2D eigenvalue weighted by Crippen LogP contribution is 2.31. The number of methoxy groups -OCH3 is 2. The van der Waals surface area contributed by atoms with Crippen LogP contribution in [-0.4, -0.2) is 25.7 Å². The molecule has 1 saturated carbocycles. The summed E-state index contributed by atoms with van der Waals surface area (Å²) >= 11 is 0. The third kappa shape index (κ3) is 3.03. The van der Waals surface area contributed by atoms with E-state index in [0.717, 1.165) is 28.9 Å². The number of fused-ring (bicyclic) bond motifs is 1. The smallest absolute Gasteiger partial charge is 0.252 e. The number of hydrogen-bond donors (Lipinski definition) is 2. The Morgan fingerprint density at radius 3 is 2.57 bits per heavy atom. The van der Waals surface area contributed by atoms with Gasteiger partial charge < -0.3 is 19.8 Å². The molecule has 0 spiro atoms. The van der Waals surface area contributed by atoms with Crippen LogP contribution in [0.15, 0.2) is 23.0 Å². The van der Waals surface area contributed by atoms with E-state index in [0.29, 0.717) is 18.0 Å². The summed E-state index contributed by atoms with van der Waals surface area (Å²) in [5, 5.41) is 4.28. The highest BCUT2D eigenvalue weighted by Gasteiger charge is 2.20. The van der Waals surface area contributed by atoms with Crippen LogP contribution in [0.25, 0.3) is 10.9 Å². The first-order valence-corrected chi connectivity index (χ1v) is 7.20. The van der Waals surface area contributed by atoms with Gasteiger partial charge in [-0.3, -0.25) is 4.79 Å². The van der Waals surface area contributed by atoms with Gasteiger partial charge in [-0.2, -0.15) is 0 Å². The molecule has 0 amide bonds. The lowest BCUT2D eigenvalue weighted by molar-refractivity contribution is 0.356. The molecule has 0 radical (unpaired) electrons. The maximum atomic E-state index is 12.1. The molecule has 1 aliphatic carbocycles. The summed E-state index contributed by atoms with van der Waals surface area (Å²) in [5.41, 5.74) is 1.44. The monoisotopic (exact) mass is 288 g/mol. The number of nitrogens with one attached hydrogen (secondary N) is 2. The molecule has 5 nitrogen and oxygen atoms in total. The molecule has 1 aromatic heterocycles. The molecule has 0 atom stereocenters. The van der Waals surface area contributed by atoms with E-state index in [1.165, 1.54) is 12.8 Å². The van der Waals surface area contributed by atoms with E-state index < -0.39 is 0 Å². The fourth-order valence-electron chi connectivity index (χ4n) is 2.44. The molecule has 21 heavy (non-hydrogen) atoms. The van der Waals surface area contributed by atoms with Crippen molar-refractivity contribution in [2.24, 2.45) is 5.92 Å². The maximum absolute atomic E-state index is 12.1. The highest BCUT2D eigenvalue weighted by atomic mass is 16.5. The van der Waals surface area contributed by atoms with Gasteiger partial charge in [-0.05, 0) is 37.4 Å². The number of ether oxygens (including phenoxy) is 2. The molecule has 0 bridgehead atoms. The Morgan fingerprint density at radius 2 is 1.90 bits per heavy atom. The van der Waals surface area contributed by atoms with Gasteiger partial charge in [-0.15, -0.1) is 0 Å². The molecule has 2 aromatic rings. The lowest BCUT2D eigenvalue weighted by Crippen LogP contribution is -2.22. The van der Waals surface area contributed by atoms with Crippen LogP contribution < -0.4 is 20.3 Å². The normalized spacial score (nSPS) is 14.4. The molecule has 5 heteroatoms. The van der Waals surface area contributed by atoms with Gasteiger partial charge in [0.25, 0.3) is 5.56 Å². The Labute approximate surface area is 123 Å². The first-order valence-electron chi connectivity index (χ1n) is 7.20. The van der Waals surface area contributed by atoms with Gasteiger partial charge in [0.2, 0.25) is 0 Å². The lowest BCUT2D eigenvalue weighted by atomic mass is 10.1. The van der Waals surface area contributed by atoms with E-state index in [2.05, 4.69) is 10.3 Å².